The molecule has 0 bridgehead atoms. The number of nitrogens with zero attached hydrogens (tertiary/aromatic N) is 1. The van der Waals surface area contributed by atoms with Crippen LogP contribution in [-0.2, 0) is 19.1 Å². The van der Waals surface area contributed by atoms with Gasteiger partial charge in [-0.05, 0) is 25.5 Å². The zero-order chi connectivity index (χ0) is 24.8. The van der Waals surface area contributed by atoms with Gasteiger partial charge in [0.15, 0.2) is 12.4 Å². The van der Waals surface area contributed by atoms with E-state index in [1.807, 2.05) is 0 Å². The van der Waals surface area contributed by atoms with Gasteiger partial charge in [0.05, 0.1) is 11.5 Å². The Bertz CT molecular complexity index is 1200. The monoisotopic (exact) mass is 468 g/mol. The van der Waals surface area contributed by atoms with Crippen molar-refractivity contribution in [1.82, 2.24) is 5.32 Å². The van der Waals surface area contributed by atoms with E-state index in [0.29, 0.717) is 6.42 Å². The Hall–Kier alpha value is -4.41. The van der Waals surface area contributed by atoms with E-state index in [1.165, 1.54) is 18.2 Å². The van der Waals surface area contributed by atoms with Gasteiger partial charge in [0.25, 0.3) is 11.6 Å². The number of ketones is 2. The van der Waals surface area contributed by atoms with Gasteiger partial charge in [-0.3, -0.25) is 29.3 Å². The molecule has 2 aromatic rings. The topological polar surface area (TPSA) is 159 Å². The molecule has 1 N–H and O–H groups in total. The first-order valence-corrected chi connectivity index (χ1v) is 10.4. The Balaban J connectivity index is 1.73. The van der Waals surface area contributed by atoms with Gasteiger partial charge >= 0.3 is 11.9 Å². The normalized spacial score (nSPS) is 11.8. The van der Waals surface area contributed by atoms with Crippen molar-refractivity contribution in [1.29, 1.82) is 0 Å². The van der Waals surface area contributed by atoms with Crippen molar-refractivity contribution >= 4 is 35.1 Å². The number of nitro groups is 1. The van der Waals surface area contributed by atoms with Crippen LogP contribution in [0, 0.1) is 10.1 Å². The molecule has 0 unspecified atom stereocenters. The molecular weight excluding hydrogens is 448 g/mol. The van der Waals surface area contributed by atoms with E-state index >= 15 is 0 Å². The van der Waals surface area contributed by atoms with Gasteiger partial charge in [0.2, 0.25) is 5.78 Å². The lowest BCUT2D eigenvalue weighted by atomic mass is 9.82. The van der Waals surface area contributed by atoms with Crippen LogP contribution in [0.4, 0.5) is 5.69 Å². The molecule has 176 valence electrons. The van der Waals surface area contributed by atoms with E-state index < -0.39 is 57.8 Å². The first-order valence-electron chi connectivity index (χ1n) is 10.4. The summed E-state index contributed by atoms with van der Waals surface area (Å²) in [4.78, 5) is 72.2. The molecule has 0 fully saturated rings. The van der Waals surface area contributed by atoms with Crippen molar-refractivity contribution in [3.63, 3.8) is 0 Å². The maximum atomic E-state index is 12.9. The highest BCUT2D eigenvalue weighted by Crippen LogP contribution is 2.35. The molecule has 0 radical (unpaired) electrons. The van der Waals surface area contributed by atoms with Gasteiger partial charge in [-0.2, -0.15) is 0 Å². The molecule has 1 aliphatic rings. The minimum absolute atomic E-state index is 0.00388. The quantitative estimate of drug-likeness (QED) is 0.214. The number of hydrogen-bond acceptors (Lipinski definition) is 9. The van der Waals surface area contributed by atoms with E-state index in [-0.39, 0.29) is 36.3 Å². The highest BCUT2D eigenvalue weighted by molar-refractivity contribution is 6.30. The van der Waals surface area contributed by atoms with Crippen LogP contribution in [0.15, 0.2) is 36.4 Å². The average Bonchev–Trinajstić information content (AvgIpc) is 2.82. The van der Waals surface area contributed by atoms with Crippen LogP contribution in [-0.4, -0.2) is 54.1 Å². The first kappa shape index (κ1) is 24.2. The van der Waals surface area contributed by atoms with E-state index in [0.717, 1.165) is 12.1 Å². The maximum absolute atomic E-state index is 12.9. The summed E-state index contributed by atoms with van der Waals surface area (Å²) in [5, 5.41) is 14.2. The second-order valence-corrected chi connectivity index (χ2v) is 7.18. The van der Waals surface area contributed by atoms with E-state index in [2.05, 4.69) is 5.32 Å². The Morgan fingerprint density at radius 3 is 2.29 bits per heavy atom. The van der Waals surface area contributed by atoms with E-state index in [1.54, 1.807) is 13.0 Å². The number of benzene rings is 2. The third-order valence-electron chi connectivity index (χ3n) is 4.99. The summed E-state index contributed by atoms with van der Waals surface area (Å²) < 4.78 is 9.64. The van der Waals surface area contributed by atoms with Crippen LogP contribution < -0.4 is 5.32 Å². The number of ether oxygens (including phenoxy) is 2. The zero-order valence-electron chi connectivity index (χ0n) is 18.1. The summed E-state index contributed by atoms with van der Waals surface area (Å²) in [6.07, 6.45) is 0.414. The predicted molar refractivity (Wildman–Crippen MR) is 116 cm³/mol. The molecule has 34 heavy (non-hydrogen) atoms. The molecule has 2 aromatic carbocycles. The minimum Gasteiger partial charge on any atom is -0.466 e. The fraction of sp³-hybridized carbons (Fsp3) is 0.261. The number of esters is 2. The van der Waals surface area contributed by atoms with Crippen LogP contribution >= 0.6 is 0 Å². The lowest BCUT2D eigenvalue weighted by Gasteiger charge is -2.18. The van der Waals surface area contributed by atoms with Crippen LogP contribution in [0.1, 0.15) is 62.0 Å². The van der Waals surface area contributed by atoms with Crippen LogP contribution in [0.3, 0.4) is 0 Å². The van der Waals surface area contributed by atoms with Crippen molar-refractivity contribution in [3.8, 4) is 0 Å². The second kappa shape index (κ2) is 10.5. The smallest absolute Gasteiger partial charge is 0.345 e. The summed E-state index contributed by atoms with van der Waals surface area (Å²) in [7, 11) is 0. The summed E-state index contributed by atoms with van der Waals surface area (Å²) in [6, 6.07) is 8.08. The molecule has 0 spiro atoms. The SMILES string of the molecule is CCOC(=O)CCCNC(=O)COC(=O)c1ccc2c(c1[N+](=O)[O-])C(=O)c1ccccc1C2=O. The van der Waals surface area contributed by atoms with Gasteiger partial charge in [-0.25, -0.2) is 4.79 Å². The van der Waals surface area contributed by atoms with Crippen LogP contribution in [0.25, 0.3) is 0 Å². The number of nitrogens with one attached hydrogen (secondary N) is 1. The number of fused-ring (bicyclic) bond motifs is 2. The maximum Gasteiger partial charge on any atom is 0.345 e. The first-order chi connectivity index (χ1) is 16.3. The Labute approximate surface area is 193 Å². The standard InChI is InChI=1S/C23H20N2O9/c1-2-33-18(27)8-5-11-24-17(26)12-34-23(30)16-10-9-15-19(20(16)25(31)32)22(29)14-7-4-3-6-13(14)21(15)28/h3-4,6-7,9-10H,2,5,8,11-12H2,1H3,(H,24,26). The molecule has 11 heteroatoms. The average molecular weight is 468 g/mol. The number of amides is 1. The lowest BCUT2D eigenvalue weighted by Crippen LogP contribution is -2.30. The molecule has 1 aliphatic carbocycles. The van der Waals surface area contributed by atoms with E-state index in [9.17, 15) is 34.1 Å². The molecule has 0 heterocycles. The van der Waals surface area contributed by atoms with E-state index in [4.69, 9.17) is 9.47 Å². The highest BCUT2D eigenvalue weighted by Gasteiger charge is 2.39. The molecule has 0 saturated heterocycles. The predicted octanol–water partition coefficient (Wildman–Crippen LogP) is 1.99. The van der Waals surface area contributed by atoms with Crippen molar-refractivity contribution in [2.45, 2.75) is 19.8 Å². The largest absolute Gasteiger partial charge is 0.466 e. The van der Waals surface area contributed by atoms with Gasteiger partial charge in [0, 0.05) is 29.7 Å². The second-order valence-electron chi connectivity index (χ2n) is 7.18. The Kier molecular flexibility index (Phi) is 7.46. The van der Waals surface area contributed by atoms with Crippen molar-refractivity contribution in [2.75, 3.05) is 19.8 Å². The van der Waals surface area contributed by atoms with Crippen molar-refractivity contribution in [2.24, 2.45) is 0 Å². The summed E-state index contributed by atoms with van der Waals surface area (Å²) in [5.41, 5.74) is -1.98. The molecular formula is C23H20N2O9. The van der Waals surface area contributed by atoms with Gasteiger partial charge in [0.1, 0.15) is 11.1 Å². The molecule has 0 aromatic heterocycles. The number of carbonyl (C=O) groups is 5. The van der Waals surface area contributed by atoms with Gasteiger partial charge in [-0.1, -0.05) is 24.3 Å². The third kappa shape index (κ3) is 4.98. The van der Waals surface area contributed by atoms with Crippen molar-refractivity contribution < 1.29 is 38.4 Å². The summed E-state index contributed by atoms with van der Waals surface area (Å²) in [6.45, 7) is 1.32. The van der Waals surface area contributed by atoms with Crippen LogP contribution in [0.5, 0.6) is 0 Å². The summed E-state index contributed by atoms with van der Waals surface area (Å²) >= 11 is 0. The number of carbonyl (C=O) groups excluding carboxylic acids is 5. The Morgan fingerprint density at radius 2 is 1.65 bits per heavy atom. The zero-order valence-corrected chi connectivity index (χ0v) is 18.1. The highest BCUT2D eigenvalue weighted by atomic mass is 16.6. The fourth-order valence-corrected chi connectivity index (χ4v) is 3.48. The molecule has 11 nitrogen and oxygen atoms in total. The lowest BCUT2D eigenvalue weighted by molar-refractivity contribution is -0.385. The van der Waals surface area contributed by atoms with Gasteiger partial charge < -0.3 is 14.8 Å². The number of hydrogen-bond donors (Lipinski definition) is 1. The van der Waals surface area contributed by atoms with Crippen LogP contribution in [0.2, 0.25) is 0 Å². The summed E-state index contributed by atoms with van der Waals surface area (Å²) in [5.74, 6) is -3.62. The van der Waals surface area contributed by atoms with Crippen molar-refractivity contribution in [3.05, 3.63) is 74.3 Å². The molecule has 3 rings (SSSR count). The number of rotatable bonds is 9. The van der Waals surface area contributed by atoms with Gasteiger partial charge in [-0.15, -0.1) is 0 Å². The molecule has 0 atom stereocenters. The fourth-order valence-electron chi connectivity index (χ4n) is 3.48. The molecule has 1 amide bonds. The minimum atomic E-state index is -1.20. The third-order valence-corrected chi connectivity index (χ3v) is 4.99. The molecule has 0 aliphatic heterocycles. The Morgan fingerprint density at radius 1 is 0.971 bits per heavy atom. The molecule has 0 saturated carbocycles. The number of nitro benzene ring substituents is 1.